The fourth-order valence-electron chi connectivity index (χ4n) is 2.58. The monoisotopic (exact) mass is 285 g/mol. The Morgan fingerprint density at radius 1 is 0.905 bits per heavy atom. The molecule has 0 bridgehead atoms. The highest BCUT2D eigenvalue weighted by Crippen LogP contribution is 2.22. The standard InChI is InChI=1S/C19H24FN/c1-4-15-6-8-17(9-7-15)19(5-2)21-14(3)16-10-12-18(20)13-11-16/h6-14,19,21H,4-5H2,1-3H3/t14-,19?/m0/s1. The smallest absolute Gasteiger partial charge is 0.123 e. The van der Waals surface area contributed by atoms with Gasteiger partial charge in [-0.15, -0.1) is 0 Å². The van der Waals surface area contributed by atoms with E-state index in [1.54, 1.807) is 0 Å². The Balaban J connectivity index is 2.08. The molecule has 0 aromatic heterocycles. The molecule has 2 atom stereocenters. The zero-order valence-electron chi connectivity index (χ0n) is 13.1. The molecule has 0 saturated heterocycles. The first-order valence-corrected chi connectivity index (χ1v) is 7.74. The molecule has 1 unspecified atom stereocenters. The van der Waals surface area contributed by atoms with Gasteiger partial charge in [0.05, 0.1) is 0 Å². The van der Waals surface area contributed by atoms with Crippen molar-refractivity contribution in [3.63, 3.8) is 0 Å². The second-order valence-corrected chi connectivity index (χ2v) is 5.50. The first-order valence-electron chi connectivity index (χ1n) is 7.74. The molecular formula is C19H24FN. The fourth-order valence-corrected chi connectivity index (χ4v) is 2.58. The van der Waals surface area contributed by atoms with Crippen LogP contribution < -0.4 is 5.32 Å². The third-order valence-corrected chi connectivity index (χ3v) is 4.02. The quantitative estimate of drug-likeness (QED) is 0.770. The molecule has 21 heavy (non-hydrogen) atoms. The fraction of sp³-hybridized carbons (Fsp3) is 0.368. The molecule has 0 fully saturated rings. The van der Waals surface area contributed by atoms with E-state index in [-0.39, 0.29) is 11.9 Å². The van der Waals surface area contributed by atoms with Crippen molar-refractivity contribution in [2.24, 2.45) is 0 Å². The molecule has 2 aromatic carbocycles. The number of rotatable bonds is 6. The highest BCUT2D eigenvalue weighted by Gasteiger charge is 2.13. The highest BCUT2D eigenvalue weighted by molar-refractivity contribution is 5.26. The Labute approximate surface area is 127 Å². The van der Waals surface area contributed by atoms with Crippen molar-refractivity contribution in [3.8, 4) is 0 Å². The van der Waals surface area contributed by atoms with Crippen LogP contribution in [0.25, 0.3) is 0 Å². The summed E-state index contributed by atoms with van der Waals surface area (Å²) < 4.78 is 13.0. The minimum absolute atomic E-state index is 0.187. The van der Waals surface area contributed by atoms with Gasteiger partial charge in [-0.1, -0.05) is 50.2 Å². The van der Waals surface area contributed by atoms with Crippen LogP contribution in [0.3, 0.4) is 0 Å². The van der Waals surface area contributed by atoms with E-state index in [1.807, 2.05) is 12.1 Å². The Hall–Kier alpha value is -1.67. The molecule has 1 nitrogen and oxygen atoms in total. The number of halogens is 1. The summed E-state index contributed by atoms with van der Waals surface area (Å²) >= 11 is 0. The molecule has 0 aliphatic rings. The predicted octanol–water partition coefficient (Wildman–Crippen LogP) is 5.19. The van der Waals surface area contributed by atoms with Gasteiger partial charge in [0, 0.05) is 12.1 Å². The van der Waals surface area contributed by atoms with E-state index in [0.29, 0.717) is 6.04 Å². The molecule has 0 radical (unpaired) electrons. The molecule has 0 saturated carbocycles. The first-order chi connectivity index (χ1) is 10.1. The van der Waals surface area contributed by atoms with Crippen LogP contribution in [0.15, 0.2) is 48.5 Å². The largest absolute Gasteiger partial charge is 0.303 e. The van der Waals surface area contributed by atoms with Gasteiger partial charge in [0.15, 0.2) is 0 Å². The SMILES string of the molecule is CCc1ccc(C(CC)N[C@@H](C)c2ccc(F)cc2)cc1. The molecule has 0 spiro atoms. The minimum atomic E-state index is -0.187. The third kappa shape index (κ3) is 4.15. The van der Waals surface area contributed by atoms with E-state index >= 15 is 0 Å². The minimum Gasteiger partial charge on any atom is -0.303 e. The molecule has 112 valence electrons. The lowest BCUT2D eigenvalue weighted by Crippen LogP contribution is -2.24. The van der Waals surface area contributed by atoms with Crippen LogP contribution in [0.2, 0.25) is 0 Å². The summed E-state index contributed by atoms with van der Waals surface area (Å²) in [6, 6.07) is 16.0. The Morgan fingerprint density at radius 3 is 2.00 bits per heavy atom. The van der Waals surface area contributed by atoms with Crippen LogP contribution in [0.1, 0.15) is 56.0 Å². The van der Waals surface area contributed by atoms with Gasteiger partial charge < -0.3 is 5.32 Å². The van der Waals surface area contributed by atoms with Crippen molar-refractivity contribution in [1.29, 1.82) is 0 Å². The van der Waals surface area contributed by atoms with Crippen LogP contribution in [-0.4, -0.2) is 0 Å². The molecule has 2 heteroatoms. The summed E-state index contributed by atoms with van der Waals surface area (Å²) in [5.41, 5.74) is 3.78. The van der Waals surface area contributed by atoms with E-state index in [1.165, 1.54) is 23.3 Å². The summed E-state index contributed by atoms with van der Waals surface area (Å²) in [6.07, 6.45) is 2.09. The van der Waals surface area contributed by atoms with Gasteiger partial charge in [-0.2, -0.15) is 0 Å². The van der Waals surface area contributed by atoms with Gasteiger partial charge in [0.1, 0.15) is 5.82 Å². The lowest BCUT2D eigenvalue weighted by Gasteiger charge is -2.23. The van der Waals surface area contributed by atoms with Crippen molar-refractivity contribution in [2.75, 3.05) is 0 Å². The zero-order chi connectivity index (χ0) is 15.2. The number of nitrogens with one attached hydrogen (secondary N) is 1. The van der Waals surface area contributed by atoms with Gasteiger partial charge in [-0.05, 0) is 48.6 Å². The summed E-state index contributed by atoms with van der Waals surface area (Å²) in [5, 5.41) is 3.63. The Kier molecular flexibility index (Phi) is 5.51. The number of hydrogen-bond acceptors (Lipinski definition) is 1. The zero-order valence-corrected chi connectivity index (χ0v) is 13.1. The first kappa shape index (κ1) is 15.7. The van der Waals surface area contributed by atoms with Gasteiger partial charge in [-0.3, -0.25) is 0 Å². The normalized spacial score (nSPS) is 13.9. The predicted molar refractivity (Wildman–Crippen MR) is 86.8 cm³/mol. The van der Waals surface area contributed by atoms with Crippen molar-refractivity contribution in [1.82, 2.24) is 5.32 Å². The number of benzene rings is 2. The topological polar surface area (TPSA) is 12.0 Å². The van der Waals surface area contributed by atoms with Crippen molar-refractivity contribution in [3.05, 3.63) is 71.0 Å². The summed E-state index contributed by atoms with van der Waals surface area (Å²) in [4.78, 5) is 0. The van der Waals surface area contributed by atoms with Crippen LogP contribution in [0.4, 0.5) is 4.39 Å². The highest BCUT2D eigenvalue weighted by atomic mass is 19.1. The van der Waals surface area contributed by atoms with Crippen molar-refractivity contribution in [2.45, 2.75) is 45.7 Å². The molecule has 0 heterocycles. The molecule has 0 aliphatic heterocycles. The van der Waals surface area contributed by atoms with E-state index < -0.39 is 0 Å². The van der Waals surface area contributed by atoms with Gasteiger partial charge in [0.2, 0.25) is 0 Å². The third-order valence-electron chi connectivity index (χ3n) is 4.02. The number of hydrogen-bond donors (Lipinski definition) is 1. The van der Waals surface area contributed by atoms with Crippen molar-refractivity contribution >= 4 is 0 Å². The molecule has 1 N–H and O–H groups in total. The summed E-state index contributed by atoms with van der Waals surface area (Å²) in [6.45, 7) is 6.47. The van der Waals surface area contributed by atoms with Crippen LogP contribution in [-0.2, 0) is 6.42 Å². The maximum atomic E-state index is 13.0. The molecule has 0 amide bonds. The van der Waals surface area contributed by atoms with Crippen molar-refractivity contribution < 1.29 is 4.39 Å². The van der Waals surface area contributed by atoms with E-state index in [9.17, 15) is 4.39 Å². The van der Waals surface area contributed by atoms with E-state index in [0.717, 1.165) is 18.4 Å². The molecule has 0 aliphatic carbocycles. The average Bonchev–Trinajstić information content (AvgIpc) is 2.53. The average molecular weight is 285 g/mol. The van der Waals surface area contributed by atoms with Crippen LogP contribution in [0, 0.1) is 5.82 Å². The molecular weight excluding hydrogens is 261 g/mol. The van der Waals surface area contributed by atoms with Gasteiger partial charge in [0.25, 0.3) is 0 Å². The summed E-state index contributed by atoms with van der Waals surface area (Å²) in [5.74, 6) is -0.187. The van der Waals surface area contributed by atoms with Gasteiger partial charge in [-0.25, -0.2) is 4.39 Å². The molecule has 2 aromatic rings. The second kappa shape index (κ2) is 7.37. The molecule has 2 rings (SSSR count). The second-order valence-electron chi connectivity index (χ2n) is 5.50. The van der Waals surface area contributed by atoms with E-state index in [2.05, 4.69) is 50.4 Å². The van der Waals surface area contributed by atoms with E-state index in [4.69, 9.17) is 0 Å². The van der Waals surface area contributed by atoms with Crippen LogP contribution in [0.5, 0.6) is 0 Å². The summed E-state index contributed by atoms with van der Waals surface area (Å²) in [7, 11) is 0. The number of aryl methyl sites for hydroxylation is 1. The Bertz CT molecular complexity index is 545. The lowest BCUT2D eigenvalue weighted by molar-refractivity contribution is 0.456. The van der Waals surface area contributed by atoms with Crippen LogP contribution >= 0.6 is 0 Å². The van der Waals surface area contributed by atoms with Gasteiger partial charge >= 0.3 is 0 Å². The maximum Gasteiger partial charge on any atom is 0.123 e. The Morgan fingerprint density at radius 2 is 1.48 bits per heavy atom. The lowest BCUT2D eigenvalue weighted by atomic mass is 9.99. The maximum absolute atomic E-state index is 13.0.